The summed E-state index contributed by atoms with van der Waals surface area (Å²) in [5.41, 5.74) is 9.36. The van der Waals surface area contributed by atoms with Crippen LogP contribution in [-0.4, -0.2) is 18.2 Å². The van der Waals surface area contributed by atoms with Crippen molar-refractivity contribution < 1.29 is 9.78 Å². The standard InChI is InChI=1S/C13H18N2O2/c1-9-11-8-10(17-16-3)4-5-13(11)15(2)12(9)6-7-14/h4-5,8H,6-7,14H2,1-3H3. The Morgan fingerprint density at radius 3 is 2.76 bits per heavy atom. The number of benzene rings is 1. The van der Waals surface area contributed by atoms with E-state index in [4.69, 9.17) is 10.6 Å². The van der Waals surface area contributed by atoms with Crippen LogP contribution in [0.25, 0.3) is 10.9 Å². The number of aryl methyl sites for hydroxylation is 2. The van der Waals surface area contributed by atoms with Gasteiger partial charge in [0.1, 0.15) is 0 Å². The summed E-state index contributed by atoms with van der Waals surface area (Å²) in [6.45, 7) is 2.77. The summed E-state index contributed by atoms with van der Waals surface area (Å²) in [6.07, 6.45) is 0.886. The Hall–Kier alpha value is -1.52. The molecule has 0 saturated heterocycles. The van der Waals surface area contributed by atoms with Crippen LogP contribution < -0.4 is 10.6 Å². The normalized spacial score (nSPS) is 11.1. The fourth-order valence-corrected chi connectivity index (χ4v) is 2.30. The average molecular weight is 234 g/mol. The van der Waals surface area contributed by atoms with Crippen molar-refractivity contribution in [1.29, 1.82) is 0 Å². The molecule has 0 aliphatic heterocycles. The summed E-state index contributed by atoms with van der Waals surface area (Å²) in [6, 6.07) is 5.93. The van der Waals surface area contributed by atoms with Crippen molar-refractivity contribution in [2.24, 2.45) is 12.8 Å². The second kappa shape index (κ2) is 4.77. The van der Waals surface area contributed by atoms with Crippen molar-refractivity contribution in [3.05, 3.63) is 29.5 Å². The molecule has 0 aliphatic carbocycles. The smallest absolute Gasteiger partial charge is 0.166 e. The molecule has 2 rings (SSSR count). The highest BCUT2D eigenvalue weighted by Crippen LogP contribution is 2.28. The van der Waals surface area contributed by atoms with Crippen molar-refractivity contribution in [3.63, 3.8) is 0 Å². The van der Waals surface area contributed by atoms with E-state index in [-0.39, 0.29) is 0 Å². The second-order valence-electron chi connectivity index (χ2n) is 4.10. The summed E-state index contributed by atoms with van der Waals surface area (Å²) in [7, 11) is 3.57. The zero-order valence-electron chi connectivity index (χ0n) is 10.5. The molecule has 4 heteroatoms. The van der Waals surface area contributed by atoms with Crippen molar-refractivity contribution in [2.45, 2.75) is 13.3 Å². The van der Waals surface area contributed by atoms with Gasteiger partial charge in [0.15, 0.2) is 5.75 Å². The maximum Gasteiger partial charge on any atom is 0.166 e. The third kappa shape index (κ3) is 2.01. The lowest BCUT2D eigenvalue weighted by Crippen LogP contribution is -2.07. The van der Waals surface area contributed by atoms with Crippen LogP contribution in [0.5, 0.6) is 5.75 Å². The summed E-state index contributed by atoms with van der Waals surface area (Å²) in [5.74, 6) is 0.716. The summed E-state index contributed by atoms with van der Waals surface area (Å²) in [4.78, 5) is 9.72. The van der Waals surface area contributed by atoms with E-state index in [1.165, 1.54) is 29.3 Å². The highest BCUT2D eigenvalue weighted by molar-refractivity contribution is 5.86. The van der Waals surface area contributed by atoms with Crippen LogP contribution in [0.4, 0.5) is 0 Å². The maximum atomic E-state index is 5.64. The quantitative estimate of drug-likeness (QED) is 0.649. The average Bonchev–Trinajstić information content (AvgIpc) is 2.55. The minimum atomic E-state index is 0.659. The molecule has 4 nitrogen and oxygen atoms in total. The van der Waals surface area contributed by atoms with Gasteiger partial charge in [-0.05, 0) is 37.2 Å². The van der Waals surface area contributed by atoms with Gasteiger partial charge in [-0.2, -0.15) is 4.89 Å². The molecule has 0 spiro atoms. The van der Waals surface area contributed by atoms with Gasteiger partial charge < -0.3 is 15.2 Å². The van der Waals surface area contributed by atoms with Crippen molar-refractivity contribution in [3.8, 4) is 5.75 Å². The van der Waals surface area contributed by atoms with Crippen molar-refractivity contribution in [1.82, 2.24) is 4.57 Å². The lowest BCUT2D eigenvalue weighted by atomic mass is 10.1. The SMILES string of the molecule is COOc1ccc2c(c1)c(C)c(CCN)n2C. The number of rotatable bonds is 4. The molecular formula is C13H18N2O2. The van der Waals surface area contributed by atoms with E-state index in [1.807, 2.05) is 18.2 Å². The Bertz CT molecular complexity index is 532. The molecule has 0 fully saturated rings. The van der Waals surface area contributed by atoms with E-state index < -0.39 is 0 Å². The molecule has 0 bridgehead atoms. The van der Waals surface area contributed by atoms with Crippen LogP contribution in [0.3, 0.4) is 0 Å². The van der Waals surface area contributed by atoms with Gasteiger partial charge >= 0.3 is 0 Å². The molecule has 0 saturated carbocycles. The molecular weight excluding hydrogens is 216 g/mol. The predicted octanol–water partition coefficient (Wildman–Crippen LogP) is 1.93. The largest absolute Gasteiger partial charge is 0.347 e. The van der Waals surface area contributed by atoms with Crippen LogP contribution in [0.2, 0.25) is 0 Å². The molecule has 0 amide bonds. The van der Waals surface area contributed by atoms with E-state index in [9.17, 15) is 0 Å². The monoisotopic (exact) mass is 234 g/mol. The van der Waals surface area contributed by atoms with Crippen LogP contribution in [0.15, 0.2) is 18.2 Å². The Morgan fingerprint density at radius 2 is 2.12 bits per heavy atom. The van der Waals surface area contributed by atoms with E-state index in [0.29, 0.717) is 12.3 Å². The first-order chi connectivity index (χ1) is 8.19. The zero-order chi connectivity index (χ0) is 12.4. The Labute approximate surface area is 101 Å². The van der Waals surface area contributed by atoms with Crippen molar-refractivity contribution in [2.75, 3.05) is 13.7 Å². The van der Waals surface area contributed by atoms with Crippen LogP contribution in [0.1, 0.15) is 11.3 Å². The van der Waals surface area contributed by atoms with Crippen molar-refractivity contribution >= 4 is 10.9 Å². The van der Waals surface area contributed by atoms with E-state index in [2.05, 4.69) is 23.4 Å². The first-order valence-corrected chi connectivity index (χ1v) is 5.67. The fourth-order valence-electron chi connectivity index (χ4n) is 2.30. The molecule has 2 aromatic rings. The minimum absolute atomic E-state index is 0.659. The number of fused-ring (bicyclic) bond motifs is 1. The van der Waals surface area contributed by atoms with Gasteiger partial charge in [0.25, 0.3) is 0 Å². The Balaban J connectivity index is 2.57. The highest BCUT2D eigenvalue weighted by Gasteiger charge is 2.11. The topological polar surface area (TPSA) is 49.4 Å². The first kappa shape index (κ1) is 12.0. The van der Waals surface area contributed by atoms with Crippen LogP contribution in [0, 0.1) is 6.92 Å². The maximum absolute atomic E-state index is 5.64. The van der Waals surface area contributed by atoms with Crippen LogP contribution >= 0.6 is 0 Å². The predicted molar refractivity (Wildman–Crippen MR) is 68.1 cm³/mol. The molecule has 1 heterocycles. The van der Waals surface area contributed by atoms with Gasteiger partial charge in [0, 0.05) is 30.1 Å². The summed E-state index contributed by atoms with van der Waals surface area (Å²) < 4.78 is 2.19. The molecule has 0 atom stereocenters. The van der Waals surface area contributed by atoms with E-state index in [1.54, 1.807) is 0 Å². The Kier molecular flexibility index (Phi) is 3.36. The molecule has 0 aliphatic rings. The summed E-state index contributed by atoms with van der Waals surface area (Å²) in [5, 5.41) is 1.19. The lowest BCUT2D eigenvalue weighted by molar-refractivity contribution is -0.178. The number of hydrogen-bond acceptors (Lipinski definition) is 3. The summed E-state index contributed by atoms with van der Waals surface area (Å²) >= 11 is 0. The van der Waals surface area contributed by atoms with Gasteiger partial charge in [0.2, 0.25) is 0 Å². The minimum Gasteiger partial charge on any atom is -0.347 e. The molecule has 17 heavy (non-hydrogen) atoms. The molecule has 0 unspecified atom stereocenters. The second-order valence-corrected chi connectivity index (χ2v) is 4.10. The molecule has 1 aromatic heterocycles. The lowest BCUT2D eigenvalue weighted by Gasteiger charge is -2.03. The number of nitrogens with zero attached hydrogens (tertiary/aromatic N) is 1. The third-order valence-electron chi connectivity index (χ3n) is 3.13. The number of aromatic nitrogens is 1. The van der Waals surface area contributed by atoms with Gasteiger partial charge in [-0.15, -0.1) is 0 Å². The van der Waals surface area contributed by atoms with Gasteiger partial charge in [-0.3, -0.25) is 0 Å². The number of nitrogens with two attached hydrogens (primary N) is 1. The molecule has 2 N–H and O–H groups in total. The van der Waals surface area contributed by atoms with E-state index in [0.717, 1.165) is 6.42 Å². The first-order valence-electron chi connectivity index (χ1n) is 5.67. The van der Waals surface area contributed by atoms with E-state index >= 15 is 0 Å². The van der Waals surface area contributed by atoms with Gasteiger partial charge in [-0.25, -0.2) is 0 Å². The molecule has 1 aromatic carbocycles. The third-order valence-corrected chi connectivity index (χ3v) is 3.13. The Morgan fingerprint density at radius 1 is 1.35 bits per heavy atom. The fraction of sp³-hybridized carbons (Fsp3) is 0.385. The van der Waals surface area contributed by atoms with Gasteiger partial charge in [-0.1, -0.05) is 0 Å². The zero-order valence-corrected chi connectivity index (χ0v) is 10.5. The number of hydrogen-bond donors (Lipinski definition) is 1. The highest BCUT2D eigenvalue weighted by atomic mass is 17.2. The van der Waals surface area contributed by atoms with Gasteiger partial charge in [0.05, 0.1) is 7.11 Å². The van der Waals surface area contributed by atoms with Crippen LogP contribution in [-0.2, 0) is 18.4 Å². The molecule has 0 radical (unpaired) electrons. The molecule has 92 valence electrons.